The molecule has 182 valence electrons. The van der Waals surface area contributed by atoms with Crippen LogP contribution in [0.1, 0.15) is 23.1 Å². The molecule has 0 radical (unpaired) electrons. The second kappa shape index (κ2) is 11.0. The number of amides is 1. The van der Waals surface area contributed by atoms with Crippen molar-refractivity contribution in [1.29, 1.82) is 0 Å². The highest BCUT2D eigenvalue weighted by Gasteiger charge is 2.32. The summed E-state index contributed by atoms with van der Waals surface area (Å²) in [5.74, 6) is 0.925. The molecule has 1 amide bonds. The predicted octanol–water partition coefficient (Wildman–Crippen LogP) is 3.86. The van der Waals surface area contributed by atoms with Crippen molar-refractivity contribution >= 4 is 51.7 Å². The van der Waals surface area contributed by atoms with E-state index >= 15 is 0 Å². The lowest BCUT2D eigenvalue weighted by molar-refractivity contribution is -0.122. The molecular formula is C25H26N4O4S2. The van der Waals surface area contributed by atoms with Crippen LogP contribution >= 0.6 is 24.0 Å². The summed E-state index contributed by atoms with van der Waals surface area (Å²) in [6.45, 7) is 3.40. The van der Waals surface area contributed by atoms with Crippen molar-refractivity contribution in [2.45, 2.75) is 19.9 Å². The Morgan fingerprint density at radius 2 is 1.91 bits per heavy atom. The molecule has 8 nitrogen and oxygen atoms in total. The summed E-state index contributed by atoms with van der Waals surface area (Å²) in [4.78, 5) is 33.3. The molecule has 1 N–H and O–H groups in total. The van der Waals surface area contributed by atoms with Gasteiger partial charge in [0.25, 0.3) is 11.5 Å². The molecule has 0 saturated carbocycles. The van der Waals surface area contributed by atoms with E-state index in [1.54, 1.807) is 32.6 Å². The van der Waals surface area contributed by atoms with Crippen molar-refractivity contribution in [2.24, 2.45) is 0 Å². The minimum atomic E-state index is -0.256. The average molecular weight is 511 g/mol. The van der Waals surface area contributed by atoms with Crippen LogP contribution in [0, 0.1) is 6.92 Å². The molecule has 0 atom stereocenters. The van der Waals surface area contributed by atoms with Gasteiger partial charge in [-0.15, -0.1) is 0 Å². The first kappa shape index (κ1) is 24.9. The predicted molar refractivity (Wildman–Crippen MR) is 143 cm³/mol. The third-order valence-electron chi connectivity index (χ3n) is 5.47. The summed E-state index contributed by atoms with van der Waals surface area (Å²) in [5.41, 5.74) is 2.44. The van der Waals surface area contributed by atoms with Gasteiger partial charge in [-0.05, 0) is 48.7 Å². The minimum absolute atomic E-state index is 0.241. The van der Waals surface area contributed by atoms with Crippen LogP contribution in [-0.2, 0) is 16.1 Å². The zero-order valence-electron chi connectivity index (χ0n) is 19.7. The summed E-state index contributed by atoms with van der Waals surface area (Å²) >= 11 is 6.67. The van der Waals surface area contributed by atoms with Crippen LogP contribution in [0.25, 0.3) is 11.7 Å². The number of aromatic nitrogens is 2. The Morgan fingerprint density at radius 3 is 2.63 bits per heavy atom. The van der Waals surface area contributed by atoms with E-state index in [1.165, 1.54) is 21.1 Å². The topological polar surface area (TPSA) is 85.2 Å². The number of carbonyl (C=O) groups is 1. The molecule has 3 aromatic rings. The van der Waals surface area contributed by atoms with Gasteiger partial charge in [-0.3, -0.25) is 18.9 Å². The van der Waals surface area contributed by atoms with Gasteiger partial charge in [-0.25, -0.2) is 4.98 Å². The van der Waals surface area contributed by atoms with Crippen molar-refractivity contribution in [3.05, 3.63) is 74.5 Å². The second-order valence-corrected chi connectivity index (χ2v) is 9.68. The Bertz CT molecular complexity index is 1350. The quantitative estimate of drug-likeness (QED) is 0.264. The molecule has 2 aromatic heterocycles. The molecule has 0 aliphatic carbocycles. The maximum absolute atomic E-state index is 13.4. The van der Waals surface area contributed by atoms with Crippen LogP contribution in [-0.4, -0.2) is 51.9 Å². The molecule has 0 unspecified atom stereocenters. The Kier molecular flexibility index (Phi) is 7.84. The van der Waals surface area contributed by atoms with Gasteiger partial charge in [-0.1, -0.05) is 42.2 Å². The number of aryl methyl sites for hydroxylation is 1. The maximum atomic E-state index is 13.4. The van der Waals surface area contributed by atoms with Crippen LogP contribution in [0.5, 0.6) is 5.75 Å². The maximum Gasteiger partial charge on any atom is 0.267 e. The fourth-order valence-corrected chi connectivity index (χ4v) is 4.86. The molecule has 1 aromatic carbocycles. The summed E-state index contributed by atoms with van der Waals surface area (Å²) < 4.78 is 12.2. The lowest BCUT2D eigenvalue weighted by atomic mass is 10.2. The molecule has 1 aliphatic rings. The smallest absolute Gasteiger partial charge is 0.267 e. The van der Waals surface area contributed by atoms with Gasteiger partial charge >= 0.3 is 0 Å². The molecule has 1 saturated heterocycles. The third-order valence-corrected chi connectivity index (χ3v) is 6.85. The van der Waals surface area contributed by atoms with E-state index in [-0.39, 0.29) is 11.5 Å². The van der Waals surface area contributed by atoms with Crippen LogP contribution in [0.4, 0.5) is 5.82 Å². The van der Waals surface area contributed by atoms with Crippen molar-refractivity contribution in [3.8, 4) is 5.75 Å². The summed E-state index contributed by atoms with van der Waals surface area (Å²) in [6, 6.07) is 11.2. The number of nitrogens with one attached hydrogen (secondary N) is 1. The van der Waals surface area contributed by atoms with Crippen LogP contribution < -0.4 is 15.6 Å². The van der Waals surface area contributed by atoms with Crippen molar-refractivity contribution in [1.82, 2.24) is 14.3 Å². The van der Waals surface area contributed by atoms with Crippen molar-refractivity contribution in [3.63, 3.8) is 0 Å². The minimum Gasteiger partial charge on any atom is -0.497 e. The highest BCUT2D eigenvalue weighted by molar-refractivity contribution is 8.26. The monoisotopic (exact) mass is 510 g/mol. The molecular weight excluding hydrogens is 484 g/mol. The van der Waals surface area contributed by atoms with Crippen molar-refractivity contribution in [2.75, 3.05) is 32.7 Å². The van der Waals surface area contributed by atoms with Crippen molar-refractivity contribution < 1.29 is 14.3 Å². The van der Waals surface area contributed by atoms with Gasteiger partial charge in [0.05, 0.1) is 24.1 Å². The van der Waals surface area contributed by atoms with Crippen LogP contribution in [0.2, 0.25) is 0 Å². The largest absolute Gasteiger partial charge is 0.497 e. The summed E-state index contributed by atoms with van der Waals surface area (Å²) in [6.07, 6.45) is 4.08. The molecule has 0 bridgehead atoms. The molecule has 1 aliphatic heterocycles. The SMILES string of the molecule is COCCCNc1nc2ccc(C)cn2c(=O)c1/C=C1/SC(=S)N(Cc2ccc(OC)cc2)C1=O. The number of methoxy groups -OCH3 is 2. The Balaban J connectivity index is 1.67. The number of hydrogen-bond acceptors (Lipinski definition) is 8. The van der Waals surface area contributed by atoms with Gasteiger partial charge in [0.1, 0.15) is 21.5 Å². The highest BCUT2D eigenvalue weighted by atomic mass is 32.2. The Hall–Kier alpha value is -3.21. The zero-order chi connectivity index (χ0) is 24.9. The van der Waals surface area contributed by atoms with Gasteiger partial charge in [0, 0.05) is 26.5 Å². The van der Waals surface area contributed by atoms with Gasteiger partial charge < -0.3 is 14.8 Å². The fraction of sp³-hybridized carbons (Fsp3) is 0.280. The van der Waals surface area contributed by atoms with E-state index in [0.29, 0.717) is 46.0 Å². The normalized spacial score (nSPS) is 14.8. The van der Waals surface area contributed by atoms with Crippen LogP contribution in [0.3, 0.4) is 0 Å². The molecule has 1 fully saturated rings. The van der Waals surface area contributed by atoms with E-state index in [4.69, 9.17) is 21.7 Å². The lowest BCUT2D eigenvalue weighted by Gasteiger charge is -2.14. The van der Waals surface area contributed by atoms with Gasteiger partial charge in [0.2, 0.25) is 0 Å². The van der Waals surface area contributed by atoms with Crippen LogP contribution in [0.15, 0.2) is 52.3 Å². The molecule has 0 spiro atoms. The van der Waals surface area contributed by atoms with Gasteiger partial charge in [-0.2, -0.15) is 0 Å². The number of benzene rings is 1. The molecule has 10 heteroatoms. The number of hydrogen-bond donors (Lipinski definition) is 1. The lowest BCUT2D eigenvalue weighted by Crippen LogP contribution is -2.27. The number of ether oxygens (including phenoxy) is 2. The summed E-state index contributed by atoms with van der Waals surface area (Å²) in [5, 5.41) is 3.23. The van der Waals surface area contributed by atoms with E-state index < -0.39 is 0 Å². The Labute approximate surface area is 212 Å². The van der Waals surface area contributed by atoms with E-state index in [0.717, 1.165) is 23.3 Å². The number of anilines is 1. The average Bonchev–Trinajstić information content (AvgIpc) is 3.12. The van der Waals surface area contributed by atoms with Gasteiger partial charge in [0.15, 0.2) is 0 Å². The standard InChI is InChI=1S/C25H26N4O4S2/c1-16-5-10-21-27-22(26-11-4-12-32-2)19(23(30)28(21)14-16)13-20-24(31)29(25(34)35-20)15-17-6-8-18(33-3)9-7-17/h5-10,13-14,26H,4,11-12,15H2,1-3H3/b20-13+. The number of thioether (sulfide) groups is 1. The molecule has 35 heavy (non-hydrogen) atoms. The number of nitrogens with zero attached hydrogens (tertiary/aromatic N) is 3. The molecule has 4 rings (SSSR count). The number of fused-ring (bicyclic) bond motifs is 1. The fourth-order valence-electron chi connectivity index (χ4n) is 3.63. The summed E-state index contributed by atoms with van der Waals surface area (Å²) in [7, 11) is 3.25. The first-order chi connectivity index (χ1) is 16.9. The number of carbonyl (C=O) groups excluding carboxylic acids is 1. The third kappa shape index (κ3) is 5.55. The number of thiocarbonyl (C=S) groups is 1. The first-order valence-corrected chi connectivity index (χ1v) is 12.3. The number of pyridine rings is 1. The first-order valence-electron chi connectivity index (χ1n) is 11.1. The second-order valence-electron chi connectivity index (χ2n) is 8.00. The molecule has 3 heterocycles. The zero-order valence-corrected chi connectivity index (χ0v) is 21.4. The highest BCUT2D eigenvalue weighted by Crippen LogP contribution is 2.34. The van der Waals surface area contributed by atoms with E-state index in [9.17, 15) is 9.59 Å². The van der Waals surface area contributed by atoms with E-state index in [2.05, 4.69) is 10.3 Å². The Morgan fingerprint density at radius 1 is 1.14 bits per heavy atom. The number of rotatable bonds is 9. The van der Waals surface area contributed by atoms with E-state index in [1.807, 2.05) is 37.3 Å².